The Balaban J connectivity index is 2.57. The standard InChI is InChI=1S/C13H20ClNO2/c1-3-6-15-9-12(16)8-10-7-11(14)4-5-13(10)17-2/h4-5,7,12,15-16H,3,6,8-9H2,1-2H3. The van der Waals surface area contributed by atoms with Gasteiger partial charge in [0.15, 0.2) is 0 Å². The van der Waals surface area contributed by atoms with Gasteiger partial charge in [-0.15, -0.1) is 0 Å². The summed E-state index contributed by atoms with van der Waals surface area (Å²) < 4.78 is 5.24. The lowest BCUT2D eigenvalue weighted by Gasteiger charge is -2.14. The molecule has 17 heavy (non-hydrogen) atoms. The number of hydrogen-bond donors (Lipinski definition) is 2. The second-order valence-electron chi connectivity index (χ2n) is 4.02. The molecule has 1 rings (SSSR count). The smallest absolute Gasteiger partial charge is 0.122 e. The van der Waals surface area contributed by atoms with E-state index in [9.17, 15) is 5.11 Å². The van der Waals surface area contributed by atoms with Crippen LogP contribution in [0.15, 0.2) is 18.2 Å². The number of rotatable bonds is 7. The normalized spacial score (nSPS) is 12.5. The molecule has 0 saturated carbocycles. The van der Waals surface area contributed by atoms with Crippen LogP contribution in [0, 0.1) is 0 Å². The topological polar surface area (TPSA) is 41.5 Å². The van der Waals surface area contributed by atoms with Crippen LogP contribution < -0.4 is 10.1 Å². The van der Waals surface area contributed by atoms with Gasteiger partial charge in [-0.05, 0) is 36.7 Å². The van der Waals surface area contributed by atoms with Gasteiger partial charge < -0.3 is 15.2 Å². The molecular formula is C13H20ClNO2. The van der Waals surface area contributed by atoms with Crippen molar-refractivity contribution >= 4 is 11.6 Å². The average Bonchev–Trinajstić information content (AvgIpc) is 2.29. The Morgan fingerprint density at radius 1 is 1.47 bits per heavy atom. The van der Waals surface area contributed by atoms with Gasteiger partial charge in [-0.1, -0.05) is 18.5 Å². The molecule has 0 bridgehead atoms. The maximum Gasteiger partial charge on any atom is 0.122 e. The Morgan fingerprint density at radius 2 is 2.24 bits per heavy atom. The molecule has 1 unspecified atom stereocenters. The number of hydrogen-bond acceptors (Lipinski definition) is 3. The van der Waals surface area contributed by atoms with Crippen LogP contribution >= 0.6 is 11.6 Å². The van der Waals surface area contributed by atoms with E-state index >= 15 is 0 Å². The molecule has 0 aliphatic carbocycles. The lowest BCUT2D eigenvalue weighted by atomic mass is 10.1. The molecule has 96 valence electrons. The van der Waals surface area contributed by atoms with E-state index in [1.54, 1.807) is 13.2 Å². The molecule has 0 aromatic heterocycles. The number of ether oxygens (including phenoxy) is 1. The minimum absolute atomic E-state index is 0.422. The van der Waals surface area contributed by atoms with Crippen LogP contribution in [0.25, 0.3) is 0 Å². The summed E-state index contributed by atoms with van der Waals surface area (Å²) in [6.07, 6.45) is 1.18. The first-order valence-corrected chi connectivity index (χ1v) is 6.26. The number of nitrogens with one attached hydrogen (secondary N) is 1. The van der Waals surface area contributed by atoms with Crippen LogP contribution in [0.4, 0.5) is 0 Å². The van der Waals surface area contributed by atoms with Crippen molar-refractivity contribution < 1.29 is 9.84 Å². The molecule has 1 aromatic rings. The third-order valence-electron chi connectivity index (χ3n) is 2.50. The Morgan fingerprint density at radius 3 is 2.88 bits per heavy atom. The third kappa shape index (κ3) is 4.94. The molecule has 0 heterocycles. The van der Waals surface area contributed by atoms with Crippen LogP contribution in [-0.4, -0.2) is 31.4 Å². The number of methoxy groups -OCH3 is 1. The van der Waals surface area contributed by atoms with Crippen molar-refractivity contribution in [2.24, 2.45) is 0 Å². The molecule has 0 radical (unpaired) electrons. The van der Waals surface area contributed by atoms with Gasteiger partial charge in [-0.25, -0.2) is 0 Å². The Labute approximate surface area is 108 Å². The van der Waals surface area contributed by atoms with Crippen LogP contribution in [-0.2, 0) is 6.42 Å². The summed E-state index contributed by atoms with van der Waals surface area (Å²) in [5.41, 5.74) is 0.936. The summed E-state index contributed by atoms with van der Waals surface area (Å²) in [6.45, 7) is 3.60. The number of halogens is 1. The maximum atomic E-state index is 9.88. The molecule has 0 saturated heterocycles. The molecule has 0 spiro atoms. The van der Waals surface area contributed by atoms with Gasteiger partial charge in [-0.3, -0.25) is 0 Å². The lowest BCUT2D eigenvalue weighted by molar-refractivity contribution is 0.171. The summed E-state index contributed by atoms with van der Waals surface area (Å²) in [6, 6.07) is 5.44. The molecule has 2 N–H and O–H groups in total. The van der Waals surface area contributed by atoms with Gasteiger partial charge in [0.1, 0.15) is 5.75 Å². The Bertz CT molecular complexity index is 344. The minimum atomic E-state index is -0.422. The van der Waals surface area contributed by atoms with Crippen molar-refractivity contribution in [3.05, 3.63) is 28.8 Å². The summed E-state index contributed by atoms with van der Waals surface area (Å²) in [7, 11) is 1.62. The predicted molar refractivity (Wildman–Crippen MR) is 70.9 cm³/mol. The van der Waals surface area contributed by atoms with Gasteiger partial charge >= 0.3 is 0 Å². The molecule has 0 aliphatic heterocycles. The first-order valence-electron chi connectivity index (χ1n) is 5.88. The van der Waals surface area contributed by atoms with E-state index in [1.807, 2.05) is 12.1 Å². The lowest BCUT2D eigenvalue weighted by Crippen LogP contribution is -2.29. The van der Waals surface area contributed by atoms with Gasteiger partial charge in [-0.2, -0.15) is 0 Å². The van der Waals surface area contributed by atoms with Crippen molar-refractivity contribution in [1.82, 2.24) is 5.32 Å². The SMILES string of the molecule is CCCNCC(O)Cc1cc(Cl)ccc1OC. The number of benzene rings is 1. The molecular weight excluding hydrogens is 238 g/mol. The highest BCUT2D eigenvalue weighted by Crippen LogP contribution is 2.23. The number of aliphatic hydroxyl groups is 1. The zero-order chi connectivity index (χ0) is 12.7. The van der Waals surface area contributed by atoms with Crippen molar-refractivity contribution in [1.29, 1.82) is 0 Å². The van der Waals surface area contributed by atoms with Crippen molar-refractivity contribution in [2.45, 2.75) is 25.9 Å². The summed E-state index contributed by atoms with van der Waals surface area (Å²) in [5.74, 6) is 0.768. The highest BCUT2D eigenvalue weighted by molar-refractivity contribution is 6.30. The summed E-state index contributed by atoms with van der Waals surface area (Å²) >= 11 is 5.93. The van der Waals surface area contributed by atoms with E-state index in [1.165, 1.54) is 0 Å². The van der Waals surface area contributed by atoms with Crippen LogP contribution in [0.3, 0.4) is 0 Å². The number of aliphatic hydroxyl groups excluding tert-OH is 1. The minimum Gasteiger partial charge on any atom is -0.496 e. The van der Waals surface area contributed by atoms with E-state index in [0.29, 0.717) is 18.0 Å². The highest BCUT2D eigenvalue weighted by atomic mass is 35.5. The first kappa shape index (κ1) is 14.3. The van der Waals surface area contributed by atoms with Gasteiger partial charge in [0.2, 0.25) is 0 Å². The summed E-state index contributed by atoms with van der Waals surface area (Å²) in [5, 5.41) is 13.7. The second kappa shape index (κ2) is 7.54. The quantitative estimate of drug-likeness (QED) is 0.737. The summed E-state index contributed by atoms with van der Waals surface area (Å²) in [4.78, 5) is 0. The third-order valence-corrected chi connectivity index (χ3v) is 2.74. The largest absolute Gasteiger partial charge is 0.496 e. The Kier molecular flexibility index (Phi) is 6.34. The molecule has 0 amide bonds. The van der Waals surface area contributed by atoms with Gasteiger partial charge in [0.25, 0.3) is 0 Å². The van der Waals surface area contributed by atoms with Gasteiger partial charge in [0, 0.05) is 18.0 Å². The Hall–Kier alpha value is -0.770. The van der Waals surface area contributed by atoms with Crippen molar-refractivity contribution in [3.63, 3.8) is 0 Å². The fourth-order valence-corrected chi connectivity index (χ4v) is 1.87. The molecule has 1 atom stereocenters. The fraction of sp³-hybridized carbons (Fsp3) is 0.538. The van der Waals surface area contributed by atoms with Gasteiger partial charge in [0.05, 0.1) is 13.2 Å². The monoisotopic (exact) mass is 257 g/mol. The molecule has 0 aliphatic rings. The highest BCUT2D eigenvalue weighted by Gasteiger charge is 2.10. The van der Waals surface area contributed by atoms with E-state index < -0.39 is 6.10 Å². The molecule has 4 heteroatoms. The molecule has 1 aromatic carbocycles. The molecule has 0 fully saturated rings. The zero-order valence-electron chi connectivity index (χ0n) is 10.4. The van der Waals surface area contributed by atoms with Crippen LogP contribution in [0.2, 0.25) is 5.02 Å². The average molecular weight is 258 g/mol. The van der Waals surface area contributed by atoms with Crippen LogP contribution in [0.5, 0.6) is 5.75 Å². The van der Waals surface area contributed by atoms with E-state index in [4.69, 9.17) is 16.3 Å². The molecule has 3 nitrogen and oxygen atoms in total. The van der Waals surface area contributed by atoms with E-state index in [-0.39, 0.29) is 0 Å². The second-order valence-corrected chi connectivity index (χ2v) is 4.45. The first-order chi connectivity index (χ1) is 8.17. The predicted octanol–water partition coefficient (Wildman–Crippen LogP) is 2.25. The fourth-order valence-electron chi connectivity index (χ4n) is 1.68. The van der Waals surface area contributed by atoms with Crippen LogP contribution in [0.1, 0.15) is 18.9 Å². The van der Waals surface area contributed by atoms with E-state index in [0.717, 1.165) is 24.3 Å². The van der Waals surface area contributed by atoms with E-state index in [2.05, 4.69) is 12.2 Å². The van der Waals surface area contributed by atoms with Crippen molar-refractivity contribution in [3.8, 4) is 5.75 Å². The zero-order valence-corrected chi connectivity index (χ0v) is 11.1. The maximum absolute atomic E-state index is 9.88. The van der Waals surface area contributed by atoms with Crippen molar-refractivity contribution in [2.75, 3.05) is 20.2 Å².